The number of ether oxygens (including phenoxy) is 1. The third-order valence-electron chi connectivity index (χ3n) is 5.15. The summed E-state index contributed by atoms with van der Waals surface area (Å²) in [5, 5.41) is 6.45. The van der Waals surface area contributed by atoms with Gasteiger partial charge in [-0.2, -0.15) is 0 Å². The van der Waals surface area contributed by atoms with Crippen molar-refractivity contribution in [2.75, 3.05) is 5.32 Å². The molecular formula is C25H19N3O4S. The Labute approximate surface area is 193 Å². The SMILES string of the molecule is Cc1csc(NC(=O)C(C)OC(=O)c2cccc3cccc(-c4nc5ccccc5o4)c23)n1. The number of carbonyl (C=O) groups is 2. The first-order chi connectivity index (χ1) is 16.0. The fourth-order valence-electron chi connectivity index (χ4n) is 3.57. The Bertz CT molecular complexity index is 1470. The maximum absolute atomic E-state index is 13.1. The van der Waals surface area contributed by atoms with Crippen LogP contribution in [-0.2, 0) is 9.53 Å². The van der Waals surface area contributed by atoms with Crippen LogP contribution in [0.1, 0.15) is 23.0 Å². The van der Waals surface area contributed by atoms with Crippen molar-refractivity contribution in [3.05, 3.63) is 77.3 Å². The molecule has 5 aromatic rings. The van der Waals surface area contributed by atoms with Crippen LogP contribution < -0.4 is 5.32 Å². The molecule has 1 unspecified atom stereocenters. The Morgan fingerprint density at radius 3 is 2.58 bits per heavy atom. The molecule has 0 aliphatic heterocycles. The summed E-state index contributed by atoms with van der Waals surface area (Å²) < 4.78 is 11.5. The summed E-state index contributed by atoms with van der Waals surface area (Å²) in [7, 11) is 0. The quantitative estimate of drug-likeness (QED) is 0.345. The molecule has 0 aliphatic rings. The number of rotatable bonds is 5. The van der Waals surface area contributed by atoms with E-state index in [0.29, 0.717) is 33.1 Å². The van der Waals surface area contributed by atoms with E-state index < -0.39 is 18.0 Å². The molecule has 0 spiro atoms. The number of hydrogen-bond donors (Lipinski definition) is 1. The molecule has 33 heavy (non-hydrogen) atoms. The Kier molecular flexibility index (Phi) is 5.35. The number of aromatic nitrogens is 2. The van der Waals surface area contributed by atoms with Gasteiger partial charge >= 0.3 is 5.97 Å². The molecule has 0 saturated heterocycles. The van der Waals surface area contributed by atoms with E-state index in [2.05, 4.69) is 15.3 Å². The largest absolute Gasteiger partial charge is 0.449 e. The van der Waals surface area contributed by atoms with Gasteiger partial charge in [-0.25, -0.2) is 14.8 Å². The third-order valence-corrected chi connectivity index (χ3v) is 6.03. The molecule has 0 fully saturated rings. The summed E-state index contributed by atoms with van der Waals surface area (Å²) in [6.07, 6.45) is -1.01. The number of benzene rings is 3. The lowest BCUT2D eigenvalue weighted by molar-refractivity contribution is -0.123. The summed E-state index contributed by atoms with van der Waals surface area (Å²) in [6, 6.07) is 18.5. The molecular weight excluding hydrogens is 438 g/mol. The molecule has 5 rings (SSSR count). The highest BCUT2D eigenvalue weighted by Gasteiger charge is 2.23. The fraction of sp³-hybridized carbons (Fsp3) is 0.120. The average Bonchev–Trinajstić information content (AvgIpc) is 3.43. The van der Waals surface area contributed by atoms with Crippen molar-refractivity contribution in [1.82, 2.24) is 9.97 Å². The highest BCUT2D eigenvalue weighted by atomic mass is 32.1. The fourth-order valence-corrected chi connectivity index (χ4v) is 4.26. The zero-order valence-corrected chi connectivity index (χ0v) is 18.7. The third kappa shape index (κ3) is 4.08. The first-order valence-corrected chi connectivity index (χ1v) is 11.2. The maximum Gasteiger partial charge on any atom is 0.339 e. The Morgan fingerprint density at radius 1 is 1.03 bits per heavy atom. The van der Waals surface area contributed by atoms with Crippen molar-refractivity contribution in [2.45, 2.75) is 20.0 Å². The minimum absolute atomic E-state index is 0.329. The Morgan fingerprint density at radius 2 is 1.82 bits per heavy atom. The number of hydrogen-bond acceptors (Lipinski definition) is 7. The number of nitrogens with zero attached hydrogens (tertiary/aromatic N) is 2. The van der Waals surface area contributed by atoms with Crippen molar-refractivity contribution in [3.63, 3.8) is 0 Å². The van der Waals surface area contributed by atoms with Gasteiger partial charge in [0.25, 0.3) is 5.91 Å². The Hall–Kier alpha value is -4.04. The lowest BCUT2D eigenvalue weighted by Gasteiger charge is -2.14. The molecule has 7 nitrogen and oxygen atoms in total. The van der Waals surface area contributed by atoms with E-state index in [-0.39, 0.29) is 0 Å². The zero-order valence-electron chi connectivity index (χ0n) is 17.9. The number of para-hydroxylation sites is 2. The topological polar surface area (TPSA) is 94.3 Å². The molecule has 1 atom stereocenters. The van der Waals surface area contributed by atoms with E-state index in [9.17, 15) is 9.59 Å². The number of fused-ring (bicyclic) bond motifs is 2. The van der Waals surface area contributed by atoms with Crippen molar-refractivity contribution in [1.29, 1.82) is 0 Å². The summed E-state index contributed by atoms with van der Waals surface area (Å²) in [4.78, 5) is 34.4. The summed E-state index contributed by atoms with van der Waals surface area (Å²) >= 11 is 1.31. The van der Waals surface area contributed by atoms with Crippen LogP contribution in [0.25, 0.3) is 33.3 Å². The number of nitrogens with one attached hydrogen (secondary N) is 1. The molecule has 0 radical (unpaired) electrons. The van der Waals surface area contributed by atoms with Gasteiger partial charge in [-0.3, -0.25) is 10.1 Å². The molecule has 164 valence electrons. The first kappa shape index (κ1) is 20.8. The van der Waals surface area contributed by atoms with Crippen LogP contribution in [0.4, 0.5) is 5.13 Å². The van der Waals surface area contributed by atoms with Gasteiger partial charge in [0.05, 0.1) is 11.3 Å². The van der Waals surface area contributed by atoms with Crippen LogP contribution in [0, 0.1) is 6.92 Å². The monoisotopic (exact) mass is 457 g/mol. The van der Waals surface area contributed by atoms with Gasteiger partial charge in [-0.15, -0.1) is 11.3 Å². The summed E-state index contributed by atoms with van der Waals surface area (Å²) in [5.41, 5.74) is 3.20. The molecule has 3 aromatic carbocycles. The summed E-state index contributed by atoms with van der Waals surface area (Å²) in [6.45, 7) is 3.37. The highest BCUT2D eigenvalue weighted by molar-refractivity contribution is 7.13. The van der Waals surface area contributed by atoms with E-state index in [1.807, 2.05) is 60.8 Å². The van der Waals surface area contributed by atoms with Gasteiger partial charge in [0.2, 0.25) is 5.89 Å². The number of thiazole rings is 1. The molecule has 0 saturated carbocycles. The van der Waals surface area contributed by atoms with Gasteiger partial charge in [0, 0.05) is 16.3 Å². The number of carbonyl (C=O) groups excluding carboxylic acids is 2. The normalized spacial score (nSPS) is 12.1. The minimum atomic E-state index is -1.01. The average molecular weight is 458 g/mol. The van der Waals surface area contributed by atoms with Gasteiger partial charge in [-0.05, 0) is 43.5 Å². The van der Waals surface area contributed by atoms with Crippen LogP contribution in [0.3, 0.4) is 0 Å². The van der Waals surface area contributed by atoms with Crippen molar-refractivity contribution in [3.8, 4) is 11.5 Å². The van der Waals surface area contributed by atoms with Gasteiger partial charge in [0.15, 0.2) is 16.8 Å². The van der Waals surface area contributed by atoms with Crippen LogP contribution in [0.15, 0.2) is 70.5 Å². The molecule has 1 N–H and O–H groups in total. The molecule has 1 amide bonds. The van der Waals surface area contributed by atoms with E-state index >= 15 is 0 Å². The standard InChI is InChI=1S/C25H19N3O4S/c1-14-13-33-25(26-14)28-22(29)15(2)31-24(30)18-10-6-8-16-7-5-9-17(21(16)18)23-27-19-11-3-4-12-20(19)32-23/h3-13,15H,1-2H3,(H,26,28,29). The van der Waals surface area contributed by atoms with Crippen LogP contribution >= 0.6 is 11.3 Å². The minimum Gasteiger partial charge on any atom is -0.449 e. The number of anilines is 1. The number of esters is 1. The Balaban J connectivity index is 1.47. The highest BCUT2D eigenvalue weighted by Crippen LogP contribution is 2.33. The van der Waals surface area contributed by atoms with Crippen molar-refractivity contribution >= 4 is 50.2 Å². The van der Waals surface area contributed by atoms with Gasteiger partial charge < -0.3 is 9.15 Å². The molecule has 2 heterocycles. The van der Waals surface area contributed by atoms with Gasteiger partial charge in [-0.1, -0.05) is 36.4 Å². The zero-order chi connectivity index (χ0) is 22.9. The van der Waals surface area contributed by atoms with E-state index in [1.54, 1.807) is 12.1 Å². The first-order valence-electron chi connectivity index (χ1n) is 10.3. The van der Waals surface area contributed by atoms with Crippen LogP contribution in [0.2, 0.25) is 0 Å². The number of aryl methyl sites for hydroxylation is 1. The second kappa shape index (κ2) is 8.48. The van der Waals surface area contributed by atoms with E-state index in [0.717, 1.165) is 16.6 Å². The molecule has 2 aromatic heterocycles. The van der Waals surface area contributed by atoms with Crippen LogP contribution in [0.5, 0.6) is 0 Å². The second-order valence-corrected chi connectivity index (χ2v) is 8.38. The predicted molar refractivity (Wildman–Crippen MR) is 127 cm³/mol. The number of oxazole rings is 1. The molecule has 0 aliphatic carbocycles. The van der Waals surface area contributed by atoms with E-state index in [4.69, 9.17) is 9.15 Å². The predicted octanol–water partition coefficient (Wildman–Crippen LogP) is 5.60. The van der Waals surface area contributed by atoms with Crippen molar-refractivity contribution in [2.24, 2.45) is 0 Å². The number of amides is 1. The van der Waals surface area contributed by atoms with Crippen LogP contribution in [-0.4, -0.2) is 27.9 Å². The van der Waals surface area contributed by atoms with E-state index in [1.165, 1.54) is 18.3 Å². The lowest BCUT2D eigenvalue weighted by atomic mass is 9.99. The van der Waals surface area contributed by atoms with Gasteiger partial charge in [0.1, 0.15) is 5.52 Å². The summed E-state index contributed by atoms with van der Waals surface area (Å²) in [5.74, 6) is -0.647. The second-order valence-electron chi connectivity index (χ2n) is 7.53. The molecule has 8 heteroatoms. The smallest absolute Gasteiger partial charge is 0.339 e. The van der Waals surface area contributed by atoms with Crippen molar-refractivity contribution < 1.29 is 18.7 Å². The molecule has 0 bridgehead atoms. The maximum atomic E-state index is 13.1. The lowest BCUT2D eigenvalue weighted by Crippen LogP contribution is -2.30.